The van der Waals surface area contributed by atoms with Gasteiger partial charge in [-0.2, -0.15) is 0 Å². The first-order valence-corrected chi connectivity index (χ1v) is 8.63. The van der Waals surface area contributed by atoms with Gasteiger partial charge in [-0.15, -0.1) is 0 Å². The molecule has 0 spiro atoms. The lowest BCUT2D eigenvalue weighted by atomic mass is 10.0. The summed E-state index contributed by atoms with van der Waals surface area (Å²) >= 11 is 0. The minimum atomic E-state index is 0.658. The van der Waals surface area contributed by atoms with Crippen LogP contribution in [0.1, 0.15) is 24.8 Å². The van der Waals surface area contributed by atoms with E-state index in [0.29, 0.717) is 6.04 Å². The normalized spacial score (nSPS) is 25.0. The second-order valence-corrected chi connectivity index (χ2v) is 6.49. The number of nitrogens with zero attached hydrogens (tertiary/aromatic N) is 2. The lowest BCUT2D eigenvalue weighted by Gasteiger charge is -2.38. The molecule has 116 valence electrons. The van der Waals surface area contributed by atoms with Crippen LogP contribution in [-0.2, 0) is 6.42 Å². The quantitative estimate of drug-likeness (QED) is 0.893. The highest BCUT2D eigenvalue weighted by atomic mass is 15.2. The van der Waals surface area contributed by atoms with E-state index in [1.165, 1.54) is 64.0 Å². The number of piperidine rings is 1. The molecule has 2 saturated heterocycles. The van der Waals surface area contributed by atoms with Gasteiger partial charge in [0.2, 0.25) is 0 Å². The number of hydrogen-bond donors (Lipinski definition) is 1. The van der Waals surface area contributed by atoms with Crippen LogP contribution in [-0.4, -0.2) is 61.7 Å². The number of hydrogen-bond acceptors (Lipinski definition) is 3. The van der Waals surface area contributed by atoms with E-state index < -0.39 is 0 Å². The largest absolute Gasteiger partial charge is 0.314 e. The second kappa shape index (κ2) is 7.92. The Morgan fingerprint density at radius 3 is 2.57 bits per heavy atom. The van der Waals surface area contributed by atoms with Crippen molar-refractivity contribution in [2.45, 2.75) is 31.7 Å². The molecule has 3 rings (SSSR count). The molecular weight excluding hydrogens is 258 g/mol. The Hall–Kier alpha value is -0.900. The van der Waals surface area contributed by atoms with Crippen LogP contribution in [0.15, 0.2) is 30.3 Å². The zero-order valence-corrected chi connectivity index (χ0v) is 13.1. The predicted octanol–water partition coefficient (Wildman–Crippen LogP) is 1.99. The van der Waals surface area contributed by atoms with Crippen molar-refractivity contribution in [3.63, 3.8) is 0 Å². The van der Waals surface area contributed by atoms with E-state index in [1.54, 1.807) is 0 Å². The third kappa shape index (κ3) is 4.53. The molecule has 1 N–H and O–H groups in total. The summed E-state index contributed by atoms with van der Waals surface area (Å²) in [7, 11) is 0. The van der Waals surface area contributed by atoms with Crippen molar-refractivity contribution in [2.24, 2.45) is 0 Å². The lowest BCUT2D eigenvalue weighted by molar-refractivity contribution is 0.127. The molecule has 0 amide bonds. The number of benzene rings is 1. The average molecular weight is 287 g/mol. The Morgan fingerprint density at radius 2 is 1.76 bits per heavy atom. The predicted molar refractivity (Wildman–Crippen MR) is 88.7 cm³/mol. The van der Waals surface area contributed by atoms with E-state index in [-0.39, 0.29) is 0 Å². The summed E-state index contributed by atoms with van der Waals surface area (Å²) in [5.74, 6) is 0. The fourth-order valence-electron chi connectivity index (χ4n) is 3.64. The Morgan fingerprint density at radius 1 is 0.952 bits per heavy atom. The smallest absolute Gasteiger partial charge is 0.0262 e. The first-order chi connectivity index (χ1) is 10.4. The van der Waals surface area contributed by atoms with Crippen LogP contribution in [0.5, 0.6) is 0 Å². The maximum absolute atomic E-state index is 3.57. The maximum Gasteiger partial charge on any atom is 0.0262 e. The summed E-state index contributed by atoms with van der Waals surface area (Å²) in [6.07, 6.45) is 5.40. The van der Waals surface area contributed by atoms with Crippen LogP contribution in [0.2, 0.25) is 0 Å². The summed E-state index contributed by atoms with van der Waals surface area (Å²) in [6, 6.07) is 11.6. The van der Waals surface area contributed by atoms with Crippen molar-refractivity contribution < 1.29 is 0 Å². The summed E-state index contributed by atoms with van der Waals surface area (Å²) in [6.45, 7) is 8.60. The van der Waals surface area contributed by atoms with E-state index in [9.17, 15) is 0 Å². The van der Waals surface area contributed by atoms with Gasteiger partial charge in [-0.25, -0.2) is 0 Å². The van der Waals surface area contributed by atoms with E-state index in [1.807, 2.05) is 0 Å². The molecule has 3 nitrogen and oxygen atoms in total. The van der Waals surface area contributed by atoms with Crippen LogP contribution >= 0.6 is 0 Å². The maximum atomic E-state index is 3.57. The summed E-state index contributed by atoms with van der Waals surface area (Å²) < 4.78 is 0. The first-order valence-electron chi connectivity index (χ1n) is 8.63. The second-order valence-electron chi connectivity index (χ2n) is 6.49. The van der Waals surface area contributed by atoms with Crippen LogP contribution < -0.4 is 5.32 Å². The molecule has 21 heavy (non-hydrogen) atoms. The van der Waals surface area contributed by atoms with Gasteiger partial charge in [0.1, 0.15) is 0 Å². The highest BCUT2D eigenvalue weighted by Gasteiger charge is 2.22. The summed E-state index contributed by atoms with van der Waals surface area (Å²) in [5.41, 5.74) is 1.47. The fraction of sp³-hybridized carbons (Fsp3) is 0.667. The van der Waals surface area contributed by atoms with Gasteiger partial charge >= 0.3 is 0 Å². The molecule has 0 bridgehead atoms. The first kappa shape index (κ1) is 15.0. The fourth-order valence-corrected chi connectivity index (χ4v) is 3.64. The van der Waals surface area contributed by atoms with Gasteiger partial charge in [-0.05, 0) is 37.9 Å². The number of piperazine rings is 1. The Bertz CT molecular complexity index is 400. The molecule has 0 aromatic heterocycles. The van der Waals surface area contributed by atoms with Gasteiger partial charge in [-0.1, -0.05) is 36.8 Å². The number of likely N-dealkylation sites (tertiary alicyclic amines) is 1. The summed E-state index contributed by atoms with van der Waals surface area (Å²) in [4.78, 5) is 5.36. The summed E-state index contributed by atoms with van der Waals surface area (Å²) in [5, 5.41) is 3.57. The van der Waals surface area contributed by atoms with Gasteiger partial charge in [0.15, 0.2) is 0 Å². The molecule has 2 fully saturated rings. The number of nitrogens with one attached hydrogen (secondary N) is 1. The molecule has 2 aliphatic rings. The molecule has 1 aromatic carbocycles. The van der Waals surface area contributed by atoms with Gasteiger partial charge in [0.05, 0.1) is 0 Å². The van der Waals surface area contributed by atoms with Crippen molar-refractivity contribution in [2.75, 3.05) is 45.8 Å². The van der Waals surface area contributed by atoms with Gasteiger partial charge < -0.3 is 10.2 Å². The van der Waals surface area contributed by atoms with Crippen molar-refractivity contribution in [3.05, 3.63) is 35.9 Å². The topological polar surface area (TPSA) is 18.5 Å². The van der Waals surface area contributed by atoms with E-state index in [2.05, 4.69) is 45.4 Å². The zero-order chi connectivity index (χ0) is 14.3. The highest BCUT2D eigenvalue weighted by molar-refractivity contribution is 5.16. The third-order valence-corrected chi connectivity index (χ3v) is 4.94. The molecule has 2 aliphatic heterocycles. The lowest BCUT2D eigenvalue weighted by Crippen LogP contribution is -2.54. The SMILES string of the molecule is c1ccc(CC2CNCCN2CCN2CCCCC2)cc1. The van der Waals surface area contributed by atoms with Crippen molar-refractivity contribution >= 4 is 0 Å². The Labute approximate surface area is 129 Å². The Kier molecular flexibility index (Phi) is 5.67. The van der Waals surface area contributed by atoms with E-state index in [0.717, 1.165) is 13.1 Å². The molecule has 3 heteroatoms. The average Bonchev–Trinajstić information content (AvgIpc) is 2.56. The van der Waals surface area contributed by atoms with Crippen molar-refractivity contribution in [1.82, 2.24) is 15.1 Å². The van der Waals surface area contributed by atoms with E-state index >= 15 is 0 Å². The third-order valence-electron chi connectivity index (χ3n) is 4.94. The Balaban J connectivity index is 1.51. The molecule has 1 atom stereocenters. The van der Waals surface area contributed by atoms with Crippen molar-refractivity contribution in [1.29, 1.82) is 0 Å². The van der Waals surface area contributed by atoms with Crippen molar-refractivity contribution in [3.8, 4) is 0 Å². The van der Waals surface area contributed by atoms with Crippen LogP contribution in [0.4, 0.5) is 0 Å². The van der Waals surface area contributed by atoms with Crippen LogP contribution in [0, 0.1) is 0 Å². The van der Waals surface area contributed by atoms with E-state index in [4.69, 9.17) is 0 Å². The van der Waals surface area contributed by atoms with Crippen LogP contribution in [0.3, 0.4) is 0 Å². The minimum absolute atomic E-state index is 0.658. The monoisotopic (exact) mass is 287 g/mol. The number of rotatable bonds is 5. The standard InChI is InChI=1S/C18H29N3/c1-3-7-17(8-4-1)15-18-16-19-9-12-21(18)14-13-20-10-5-2-6-11-20/h1,3-4,7-8,18-19H,2,5-6,9-16H2. The molecular formula is C18H29N3. The van der Waals surface area contributed by atoms with Gasteiger partial charge in [-0.3, -0.25) is 4.90 Å². The molecule has 1 aromatic rings. The highest BCUT2D eigenvalue weighted by Crippen LogP contribution is 2.13. The van der Waals surface area contributed by atoms with Crippen LogP contribution in [0.25, 0.3) is 0 Å². The minimum Gasteiger partial charge on any atom is -0.314 e. The van der Waals surface area contributed by atoms with Gasteiger partial charge in [0.25, 0.3) is 0 Å². The molecule has 2 heterocycles. The molecule has 0 aliphatic carbocycles. The molecule has 1 unspecified atom stereocenters. The van der Waals surface area contributed by atoms with Gasteiger partial charge in [0, 0.05) is 38.8 Å². The molecule has 0 saturated carbocycles. The molecule has 0 radical (unpaired) electrons. The zero-order valence-electron chi connectivity index (χ0n) is 13.1.